The van der Waals surface area contributed by atoms with Crippen molar-refractivity contribution >= 4 is 17.9 Å². The molecule has 0 radical (unpaired) electrons. The number of hydrogen-bond acceptors (Lipinski definition) is 3. The van der Waals surface area contributed by atoms with Gasteiger partial charge >= 0.3 is 5.97 Å². The van der Waals surface area contributed by atoms with Gasteiger partial charge in [0, 0.05) is 30.4 Å². The second-order valence-electron chi connectivity index (χ2n) is 4.49. The van der Waals surface area contributed by atoms with Crippen LogP contribution in [0.2, 0.25) is 0 Å². The third-order valence-corrected chi connectivity index (χ3v) is 3.34. The van der Waals surface area contributed by atoms with Gasteiger partial charge in [-0.15, -0.1) is 0 Å². The number of rotatable bonds is 4. The summed E-state index contributed by atoms with van der Waals surface area (Å²) in [6.07, 6.45) is 8.01. The van der Waals surface area contributed by atoms with E-state index in [0.717, 1.165) is 30.4 Å². The Morgan fingerprint density at radius 3 is 3.22 bits per heavy atom. The summed E-state index contributed by atoms with van der Waals surface area (Å²) >= 11 is 0. The van der Waals surface area contributed by atoms with E-state index < -0.39 is 5.97 Å². The molecule has 1 fully saturated rings. The minimum atomic E-state index is -0.932. The van der Waals surface area contributed by atoms with Gasteiger partial charge in [0.2, 0.25) is 0 Å². The van der Waals surface area contributed by atoms with E-state index in [1.165, 1.54) is 12.8 Å². The summed E-state index contributed by atoms with van der Waals surface area (Å²) < 4.78 is 0. The van der Waals surface area contributed by atoms with Gasteiger partial charge in [0.25, 0.3) is 0 Å². The van der Waals surface area contributed by atoms with Crippen molar-refractivity contribution in [3.63, 3.8) is 0 Å². The fourth-order valence-corrected chi connectivity index (χ4v) is 2.48. The van der Waals surface area contributed by atoms with E-state index in [4.69, 9.17) is 5.11 Å². The van der Waals surface area contributed by atoms with E-state index in [-0.39, 0.29) is 0 Å². The second kappa shape index (κ2) is 5.67. The van der Waals surface area contributed by atoms with Crippen LogP contribution in [0.5, 0.6) is 0 Å². The molecule has 2 rings (SSSR count). The third kappa shape index (κ3) is 2.70. The average Bonchev–Trinajstić information content (AvgIpc) is 2.84. The molecule has 1 aliphatic rings. The highest BCUT2D eigenvalue weighted by Crippen LogP contribution is 2.28. The minimum absolute atomic E-state index is 0.525. The lowest BCUT2D eigenvalue weighted by atomic mass is 10.1. The average molecular weight is 246 g/mol. The predicted octanol–water partition coefficient (Wildman–Crippen LogP) is 2.56. The lowest BCUT2D eigenvalue weighted by molar-refractivity contribution is -0.131. The SMILES string of the molecule is CCC1CCCN1c1ncccc1/C=C/C(=O)O. The first-order chi connectivity index (χ1) is 8.72. The highest BCUT2D eigenvalue weighted by Gasteiger charge is 2.25. The Balaban J connectivity index is 2.29. The zero-order chi connectivity index (χ0) is 13.0. The largest absolute Gasteiger partial charge is 0.478 e. The molecule has 2 heterocycles. The predicted molar refractivity (Wildman–Crippen MR) is 71.6 cm³/mol. The molecule has 4 heteroatoms. The second-order valence-corrected chi connectivity index (χ2v) is 4.49. The van der Waals surface area contributed by atoms with Gasteiger partial charge in [-0.3, -0.25) is 0 Å². The number of pyridine rings is 1. The topological polar surface area (TPSA) is 53.4 Å². The van der Waals surface area contributed by atoms with E-state index in [0.29, 0.717) is 6.04 Å². The van der Waals surface area contributed by atoms with Gasteiger partial charge in [-0.25, -0.2) is 9.78 Å². The maximum atomic E-state index is 10.6. The first kappa shape index (κ1) is 12.6. The maximum Gasteiger partial charge on any atom is 0.328 e. The molecule has 96 valence electrons. The van der Waals surface area contributed by atoms with Crippen LogP contribution in [0.25, 0.3) is 6.08 Å². The molecule has 1 saturated heterocycles. The molecule has 1 atom stereocenters. The van der Waals surface area contributed by atoms with Crippen LogP contribution in [0.15, 0.2) is 24.4 Å². The van der Waals surface area contributed by atoms with Crippen molar-refractivity contribution in [3.8, 4) is 0 Å². The Hall–Kier alpha value is -1.84. The minimum Gasteiger partial charge on any atom is -0.478 e. The standard InChI is InChI=1S/C14H18N2O2/c1-2-12-6-4-10-16(12)14-11(5-3-9-15-14)7-8-13(17)18/h3,5,7-9,12H,2,4,6,10H2,1H3,(H,17,18)/b8-7+. The van der Waals surface area contributed by atoms with Gasteiger partial charge in [-0.05, 0) is 37.5 Å². The normalized spacial score (nSPS) is 19.6. The van der Waals surface area contributed by atoms with Crippen LogP contribution < -0.4 is 4.90 Å². The lowest BCUT2D eigenvalue weighted by Gasteiger charge is -2.26. The number of carbonyl (C=O) groups is 1. The van der Waals surface area contributed by atoms with E-state index >= 15 is 0 Å². The summed E-state index contributed by atoms with van der Waals surface area (Å²) in [6, 6.07) is 4.27. The molecule has 1 aliphatic heterocycles. The molecule has 0 spiro atoms. The number of carboxylic acids is 1. The quantitative estimate of drug-likeness (QED) is 0.829. The third-order valence-electron chi connectivity index (χ3n) is 3.34. The molecule has 4 nitrogen and oxygen atoms in total. The van der Waals surface area contributed by atoms with Gasteiger partial charge in [-0.2, -0.15) is 0 Å². The van der Waals surface area contributed by atoms with E-state index in [2.05, 4.69) is 16.8 Å². The molecular weight excluding hydrogens is 228 g/mol. The number of nitrogens with zero attached hydrogens (tertiary/aromatic N) is 2. The monoisotopic (exact) mass is 246 g/mol. The van der Waals surface area contributed by atoms with Crippen molar-refractivity contribution in [1.29, 1.82) is 0 Å². The Bertz CT molecular complexity index is 457. The fourth-order valence-electron chi connectivity index (χ4n) is 2.48. The Morgan fingerprint density at radius 1 is 1.67 bits per heavy atom. The number of aromatic nitrogens is 1. The lowest BCUT2D eigenvalue weighted by Crippen LogP contribution is -2.29. The highest BCUT2D eigenvalue weighted by atomic mass is 16.4. The summed E-state index contributed by atoms with van der Waals surface area (Å²) in [5, 5.41) is 8.71. The summed E-state index contributed by atoms with van der Waals surface area (Å²) in [6.45, 7) is 3.18. The van der Waals surface area contributed by atoms with Crippen LogP contribution in [0.3, 0.4) is 0 Å². The molecular formula is C14H18N2O2. The van der Waals surface area contributed by atoms with Crippen molar-refractivity contribution in [1.82, 2.24) is 4.98 Å². The van der Waals surface area contributed by atoms with Crippen molar-refractivity contribution < 1.29 is 9.90 Å². The van der Waals surface area contributed by atoms with Crippen molar-refractivity contribution in [3.05, 3.63) is 30.0 Å². The molecule has 1 unspecified atom stereocenters. The van der Waals surface area contributed by atoms with Crippen LogP contribution in [-0.2, 0) is 4.79 Å². The van der Waals surface area contributed by atoms with Crippen LogP contribution >= 0.6 is 0 Å². The summed E-state index contributed by atoms with van der Waals surface area (Å²) in [5.74, 6) is -0.0300. The van der Waals surface area contributed by atoms with Gasteiger partial charge in [0.1, 0.15) is 5.82 Å². The fraction of sp³-hybridized carbons (Fsp3) is 0.429. The highest BCUT2D eigenvalue weighted by molar-refractivity contribution is 5.86. The summed E-state index contributed by atoms with van der Waals surface area (Å²) in [4.78, 5) is 17.3. The van der Waals surface area contributed by atoms with Gasteiger partial charge < -0.3 is 10.0 Å². The smallest absolute Gasteiger partial charge is 0.328 e. The van der Waals surface area contributed by atoms with Crippen molar-refractivity contribution in [2.45, 2.75) is 32.2 Å². The van der Waals surface area contributed by atoms with Crippen LogP contribution in [0, 0.1) is 0 Å². The van der Waals surface area contributed by atoms with Gasteiger partial charge in [0.05, 0.1) is 0 Å². The first-order valence-electron chi connectivity index (χ1n) is 6.35. The number of anilines is 1. The molecule has 1 aromatic rings. The molecule has 0 bridgehead atoms. The maximum absolute atomic E-state index is 10.6. The van der Waals surface area contributed by atoms with Crippen LogP contribution in [0.1, 0.15) is 31.7 Å². The van der Waals surface area contributed by atoms with E-state index in [1.807, 2.05) is 12.1 Å². The zero-order valence-corrected chi connectivity index (χ0v) is 10.5. The number of aliphatic carboxylic acids is 1. The Labute approximate surface area is 107 Å². The Morgan fingerprint density at radius 2 is 2.50 bits per heavy atom. The number of carboxylic acid groups (broad SMARTS) is 1. The molecule has 1 aromatic heterocycles. The first-order valence-corrected chi connectivity index (χ1v) is 6.35. The molecule has 0 amide bonds. The number of hydrogen-bond donors (Lipinski definition) is 1. The van der Waals surface area contributed by atoms with E-state index in [1.54, 1.807) is 12.3 Å². The van der Waals surface area contributed by atoms with Crippen LogP contribution in [0.4, 0.5) is 5.82 Å². The molecule has 0 saturated carbocycles. The molecule has 0 aromatic carbocycles. The zero-order valence-electron chi connectivity index (χ0n) is 10.5. The molecule has 0 aliphatic carbocycles. The van der Waals surface area contributed by atoms with Crippen molar-refractivity contribution in [2.75, 3.05) is 11.4 Å². The van der Waals surface area contributed by atoms with Gasteiger partial charge in [-0.1, -0.05) is 6.92 Å². The molecule has 1 N–H and O–H groups in total. The summed E-state index contributed by atoms with van der Waals surface area (Å²) in [5.41, 5.74) is 0.875. The summed E-state index contributed by atoms with van der Waals surface area (Å²) in [7, 11) is 0. The Kier molecular flexibility index (Phi) is 3.97. The van der Waals surface area contributed by atoms with Gasteiger partial charge in [0.15, 0.2) is 0 Å². The molecule has 18 heavy (non-hydrogen) atoms. The van der Waals surface area contributed by atoms with Crippen LogP contribution in [-0.4, -0.2) is 28.6 Å². The van der Waals surface area contributed by atoms with E-state index in [9.17, 15) is 4.79 Å². The van der Waals surface area contributed by atoms with Crippen molar-refractivity contribution in [2.24, 2.45) is 0 Å².